The Morgan fingerprint density at radius 1 is 1.48 bits per heavy atom. The van der Waals surface area contributed by atoms with Gasteiger partial charge < -0.3 is 5.32 Å². The van der Waals surface area contributed by atoms with Crippen LogP contribution < -0.4 is 5.32 Å². The quantitative estimate of drug-likeness (QED) is 0.875. The molecular weight excluding hydrogens is 282 g/mol. The van der Waals surface area contributed by atoms with Crippen LogP contribution in [0, 0.1) is 17.2 Å². The second kappa shape index (κ2) is 7.79. The standard InChI is InChI=1S/C17H24ClN3/c1-13(2)10-21(12-16-4-3-7-20-16)11-15-6-5-14(9-19)8-17(15)18/h5-6,8,13,16,20H,3-4,7,10-12H2,1-2H3. The fourth-order valence-electron chi connectivity index (χ4n) is 2.93. The number of nitriles is 1. The molecule has 4 heteroatoms. The average molecular weight is 306 g/mol. The van der Waals surface area contributed by atoms with E-state index in [1.807, 2.05) is 12.1 Å². The highest BCUT2D eigenvalue weighted by Gasteiger charge is 2.19. The van der Waals surface area contributed by atoms with Gasteiger partial charge in [-0.3, -0.25) is 4.90 Å². The molecule has 1 aliphatic heterocycles. The number of hydrogen-bond donors (Lipinski definition) is 1. The van der Waals surface area contributed by atoms with E-state index in [4.69, 9.17) is 16.9 Å². The first-order valence-electron chi connectivity index (χ1n) is 7.72. The summed E-state index contributed by atoms with van der Waals surface area (Å²) in [6, 6.07) is 8.32. The summed E-state index contributed by atoms with van der Waals surface area (Å²) in [6.07, 6.45) is 2.54. The summed E-state index contributed by atoms with van der Waals surface area (Å²) in [5, 5.41) is 13.2. The Balaban J connectivity index is 2.04. The van der Waals surface area contributed by atoms with E-state index in [1.54, 1.807) is 6.07 Å². The van der Waals surface area contributed by atoms with Gasteiger partial charge in [-0.25, -0.2) is 0 Å². The molecule has 1 aromatic carbocycles. The van der Waals surface area contributed by atoms with Crippen molar-refractivity contribution in [2.75, 3.05) is 19.6 Å². The molecule has 1 aliphatic rings. The second-order valence-electron chi connectivity index (χ2n) is 6.30. The van der Waals surface area contributed by atoms with Gasteiger partial charge in [-0.15, -0.1) is 0 Å². The highest BCUT2D eigenvalue weighted by molar-refractivity contribution is 6.31. The van der Waals surface area contributed by atoms with Gasteiger partial charge in [0.25, 0.3) is 0 Å². The molecule has 1 aromatic rings. The van der Waals surface area contributed by atoms with E-state index >= 15 is 0 Å². The maximum atomic E-state index is 8.92. The Labute approximate surface area is 132 Å². The Hall–Kier alpha value is -1.08. The molecule has 0 aliphatic carbocycles. The van der Waals surface area contributed by atoms with Crippen molar-refractivity contribution in [2.45, 2.75) is 39.3 Å². The Morgan fingerprint density at radius 2 is 2.29 bits per heavy atom. The molecule has 1 saturated heterocycles. The number of nitrogens with one attached hydrogen (secondary N) is 1. The number of halogens is 1. The first kappa shape index (κ1) is 16.3. The van der Waals surface area contributed by atoms with E-state index in [0.717, 1.165) is 31.7 Å². The van der Waals surface area contributed by atoms with Crippen LogP contribution in [0.5, 0.6) is 0 Å². The molecule has 2 rings (SSSR count). The second-order valence-corrected chi connectivity index (χ2v) is 6.71. The van der Waals surface area contributed by atoms with Gasteiger partial charge in [0.15, 0.2) is 0 Å². The van der Waals surface area contributed by atoms with Gasteiger partial charge in [0.1, 0.15) is 0 Å². The highest BCUT2D eigenvalue weighted by Crippen LogP contribution is 2.20. The molecule has 1 fully saturated rings. The Bertz CT molecular complexity index is 501. The summed E-state index contributed by atoms with van der Waals surface area (Å²) in [7, 11) is 0. The Kier molecular flexibility index (Phi) is 6.05. The minimum absolute atomic E-state index is 0.598. The zero-order valence-corrected chi connectivity index (χ0v) is 13.7. The summed E-state index contributed by atoms with van der Waals surface area (Å²) in [4.78, 5) is 2.47. The van der Waals surface area contributed by atoms with E-state index < -0.39 is 0 Å². The minimum Gasteiger partial charge on any atom is -0.313 e. The molecule has 1 unspecified atom stereocenters. The SMILES string of the molecule is CC(C)CN(Cc1ccc(C#N)cc1Cl)CC1CCCN1. The van der Waals surface area contributed by atoms with Gasteiger partial charge in [-0.1, -0.05) is 31.5 Å². The average Bonchev–Trinajstić information content (AvgIpc) is 2.93. The predicted molar refractivity (Wildman–Crippen MR) is 87.3 cm³/mol. The van der Waals surface area contributed by atoms with Crippen LogP contribution in [-0.4, -0.2) is 30.6 Å². The Morgan fingerprint density at radius 3 is 2.86 bits per heavy atom. The largest absolute Gasteiger partial charge is 0.313 e. The summed E-state index contributed by atoms with van der Waals surface area (Å²) < 4.78 is 0. The van der Waals surface area contributed by atoms with Gasteiger partial charge in [0, 0.05) is 30.7 Å². The minimum atomic E-state index is 0.598. The fraction of sp³-hybridized carbons (Fsp3) is 0.588. The predicted octanol–water partition coefficient (Wildman–Crippen LogP) is 3.42. The van der Waals surface area contributed by atoms with Gasteiger partial charge in [-0.05, 0) is 43.0 Å². The lowest BCUT2D eigenvalue weighted by atomic mass is 10.1. The van der Waals surface area contributed by atoms with Crippen molar-refractivity contribution in [1.29, 1.82) is 5.26 Å². The van der Waals surface area contributed by atoms with Crippen LogP contribution in [-0.2, 0) is 6.54 Å². The summed E-state index contributed by atoms with van der Waals surface area (Å²) >= 11 is 6.31. The third kappa shape index (κ3) is 5.00. The summed E-state index contributed by atoms with van der Waals surface area (Å²) in [5.41, 5.74) is 1.73. The molecule has 0 spiro atoms. The van der Waals surface area contributed by atoms with Crippen molar-refractivity contribution in [3.8, 4) is 6.07 Å². The lowest BCUT2D eigenvalue weighted by Crippen LogP contribution is -2.39. The molecule has 0 aromatic heterocycles. The molecule has 1 N–H and O–H groups in total. The topological polar surface area (TPSA) is 39.1 Å². The van der Waals surface area contributed by atoms with E-state index in [1.165, 1.54) is 12.8 Å². The molecule has 0 radical (unpaired) electrons. The van der Waals surface area contributed by atoms with Crippen LogP contribution in [0.2, 0.25) is 5.02 Å². The monoisotopic (exact) mass is 305 g/mol. The van der Waals surface area contributed by atoms with Crippen LogP contribution in [0.4, 0.5) is 0 Å². The van der Waals surface area contributed by atoms with Crippen LogP contribution in [0.15, 0.2) is 18.2 Å². The van der Waals surface area contributed by atoms with E-state index in [-0.39, 0.29) is 0 Å². The fourth-order valence-corrected chi connectivity index (χ4v) is 3.17. The molecule has 0 amide bonds. The van der Waals surface area contributed by atoms with Crippen molar-refractivity contribution < 1.29 is 0 Å². The van der Waals surface area contributed by atoms with Crippen molar-refractivity contribution in [3.05, 3.63) is 34.3 Å². The molecular formula is C17H24ClN3. The molecule has 21 heavy (non-hydrogen) atoms. The van der Waals surface area contributed by atoms with Crippen LogP contribution in [0.3, 0.4) is 0 Å². The molecule has 1 atom stereocenters. The highest BCUT2D eigenvalue weighted by atomic mass is 35.5. The lowest BCUT2D eigenvalue weighted by molar-refractivity contribution is 0.216. The van der Waals surface area contributed by atoms with Gasteiger partial charge in [0.05, 0.1) is 11.6 Å². The maximum absolute atomic E-state index is 8.92. The molecule has 114 valence electrons. The summed E-state index contributed by atoms with van der Waals surface area (Å²) in [6.45, 7) is 8.60. The van der Waals surface area contributed by atoms with Crippen LogP contribution >= 0.6 is 11.6 Å². The maximum Gasteiger partial charge on any atom is 0.0992 e. The van der Waals surface area contributed by atoms with E-state index in [0.29, 0.717) is 22.5 Å². The van der Waals surface area contributed by atoms with Gasteiger partial charge in [-0.2, -0.15) is 5.26 Å². The number of nitrogens with zero attached hydrogens (tertiary/aromatic N) is 2. The van der Waals surface area contributed by atoms with Crippen molar-refractivity contribution in [1.82, 2.24) is 10.2 Å². The first-order valence-corrected chi connectivity index (χ1v) is 8.10. The molecule has 3 nitrogen and oxygen atoms in total. The summed E-state index contributed by atoms with van der Waals surface area (Å²) in [5.74, 6) is 0.628. The third-order valence-corrected chi connectivity index (χ3v) is 4.19. The number of rotatable bonds is 6. The van der Waals surface area contributed by atoms with E-state index in [2.05, 4.69) is 30.1 Å². The smallest absolute Gasteiger partial charge is 0.0992 e. The van der Waals surface area contributed by atoms with Crippen molar-refractivity contribution >= 4 is 11.6 Å². The first-order chi connectivity index (χ1) is 10.1. The number of benzene rings is 1. The van der Waals surface area contributed by atoms with E-state index in [9.17, 15) is 0 Å². The lowest BCUT2D eigenvalue weighted by Gasteiger charge is -2.27. The zero-order chi connectivity index (χ0) is 15.2. The van der Waals surface area contributed by atoms with Crippen molar-refractivity contribution in [2.24, 2.45) is 5.92 Å². The zero-order valence-electron chi connectivity index (χ0n) is 12.9. The van der Waals surface area contributed by atoms with Gasteiger partial charge in [0.2, 0.25) is 0 Å². The molecule has 1 heterocycles. The molecule has 0 saturated carbocycles. The molecule has 0 bridgehead atoms. The van der Waals surface area contributed by atoms with Crippen LogP contribution in [0.1, 0.15) is 37.8 Å². The van der Waals surface area contributed by atoms with Crippen molar-refractivity contribution in [3.63, 3.8) is 0 Å². The number of hydrogen-bond acceptors (Lipinski definition) is 3. The van der Waals surface area contributed by atoms with Gasteiger partial charge >= 0.3 is 0 Å². The normalized spacial score (nSPS) is 18.4. The third-order valence-electron chi connectivity index (χ3n) is 3.84. The van der Waals surface area contributed by atoms with Crippen LogP contribution in [0.25, 0.3) is 0 Å².